The van der Waals surface area contributed by atoms with Gasteiger partial charge >= 0.3 is 0 Å². The smallest absolute Gasteiger partial charge is 0.300 e. The van der Waals surface area contributed by atoms with Crippen molar-refractivity contribution < 1.29 is 24.2 Å². The highest BCUT2D eigenvalue weighted by Gasteiger charge is 2.47. The Morgan fingerprint density at radius 3 is 2.32 bits per heavy atom. The van der Waals surface area contributed by atoms with Crippen LogP contribution >= 0.6 is 11.6 Å². The molecule has 37 heavy (non-hydrogen) atoms. The summed E-state index contributed by atoms with van der Waals surface area (Å²) in [4.78, 5) is 28.6. The number of anilines is 1. The molecule has 186 valence electrons. The summed E-state index contributed by atoms with van der Waals surface area (Å²) in [6, 6.07) is 22.8. The minimum Gasteiger partial charge on any atom is -0.507 e. The molecule has 5 rings (SSSR count). The van der Waals surface area contributed by atoms with Gasteiger partial charge in [-0.2, -0.15) is 0 Å². The SMILES string of the molecule is COc1ccc(N2C(=O)C(=O)/C(=C(/O)c3cc(C)cc(Cl)c3OC)C2c2cccc3ccccc23)cc1. The monoisotopic (exact) mass is 513 g/mol. The number of aliphatic hydroxyl groups excluding tert-OH is 1. The van der Waals surface area contributed by atoms with Gasteiger partial charge in [-0.3, -0.25) is 14.5 Å². The third-order valence-corrected chi connectivity index (χ3v) is 6.84. The van der Waals surface area contributed by atoms with E-state index < -0.39 is 17.7 Å². The van der Waals surface area contributed by atoms with Gasteiger partial charge in [0.1, 0.15) is 17.3 Å². The van der Waals surface area contributed by atoms with Crippen molar-refractivity contribution in [3.63, 3.8) is 0 Å². The zero-order valence-electron chi connectivity index (χ0n) is 20.5. The van der Waals surface area contributed by atoms with Crippen LogP contribution in [0.2, 0.25) is 5.02 Å². The number of hydrogen-bond donors (Lipinski definition) is 1. The molecule has 1 saturated heterocycles. The van der Waals surface area contributed by atoms with Crippen LogP contribution in [0.15, 0.2) is 84.4 Å². The Hall–Kier alpha value is -4.29. The first-order valence-electron chi connectivity index (χ1n) is 11.6. The molecule has 1 unspecified atom stereocenters. The van der Waals surface area contributed by atoms with Gasteiger partial charge in [0, 0.05) is 5.69 Å². The number of Topliss-reactive ketones (excluding diaryl/α,β-unsaturated/α-hetero) is 1. The molecule has 0 saturated carbocycles. The summed E-state index contributed by atoms with van der Waals surface area (Å²) in [6.07, 6.45) is 0. The largest absolute Gasteiger partial charge is 0.507 e. The standard InChI is InChI=1S/C30H24ClNO5/c1-17-15-23(29(37-3)24(31)16-17)27(33)25-26(22-10-6-8-18-7-4-5-9-21(18)22)32(30(35)28(25)34)19-11-13-20(36-2)14-12-19/h4-16,26,33H,1-3H3/b27-25+. The van der Waals surface area contributed by atoms with Crippen molar-refractivity contribution in [1.29, 1.82) is 0 Å². The maximum absolute atomic E-state index is 13.6. The van der Waals surface area contributed by atoms with E-state index in [1.807, 2.05) is 49.4 Å². The Labute approximate surface area is 219 Å². The number of ether oxygens (including phenoxy) is 2. The fourth-order valence-electron chi connectivity index (χ4n) is 4.88. The second-order valence-corrected chi connectivity index (χ2v) is 9.17. The highest BCUT2D eigenvalue weighted by Crippen LogP contribution is 2.46. The van der Waals surface area contributed by atoms with Crippen LogP contribution in [0.4, 0.5) is 5.69 Å². The number of ketones is 1. The second-order valence-electron chi connectivity index (χ2n) is 8.76. The van der Waals surface area contributed by atoms with Crippen LogP contribution in [0.5, 0.6) is 11.5 Å². The molecule has 1 aliphatic heterocycles. The summed E-state index contributed by atoms with van der Waals surface area (Å²) in [5, 5.41) is 13.7. The van der Waals surface area contributed by atoms with Gasteiger partial charge in [-0.15, -0.1) is 0 Å². The molecule has 1 atom stereocenters. The van der Waals surface area contributed by atoms with E-state index in [1.165, 1.54) is 12.0 Å². The van der Waals surface area contributed by atoms with E-state index in [0.29, 0.717) is 17.0 Å². The van der Waals surface area contributed by atoms with Crippen LogP contribution in [-0.4, -0.2) is 31.0 Å². The number of amides is 1. The van der Waals surface area contributed by atoms with Crippen molar-refractivity contribution in [2.24, 2.45) is 0 Å². The molecule has 0 aromatic heterocycles. The third-order valence-electron chi connectivity index (χ3n) is 6.56. The van der Waals surface area contributed by atoms with Crippen LogP contribution < -0.4 is 14.4 Å². The molecule has 0 aliphatic carbocycles. The minimum absolute atomic E-state index is 0.0443. The van der Waals surface area contributed by atoms with E-state index in [1.54, 1.807) is 43.5 Å². The fraction of sp³-hybridized carbons (Fsp3) is 0.133. The first kappa shape index (κ1) is 24.4. The van der Waals surface area contributed by atoms with Gasteiger partial charge in [0.15, 0.2) is 0 Å². The van der Waals surface area contributed by atoms with Gasteiger partial charge < -0.3 is 14.6 Å². The Bertz CT molecular complexity index is 1570. The van der Waals surface area contributed by atoms with Crippen LogP contribution in [0, 0.1) is 6.92 Å². The summed E-state index contributed by atoms with van der Waals surface area (Å²) in [6.45, 7) is 1.82. The molecule has 0 spiro atoms. The molecule has 0 radical (unpaired) electrons. The molecule has 0 bridgehead atoms. The third kappa shape index (κ3) is 4.09. The van der Waals surface area contributed by atoms with Gasteiger partial charge in [0.25, 0.3) is 11.7 Å². The quantitative estimate of drug-likeness (QED) is 0.189. The van der Waals surface area contributed by atoms with Crippen molar-refractivity contribution in [2.75, 3.05) is 19.1 Å². The Morgan fingerprint density at radius 2 is 1.62 bits per heavy atom. The summed E-state index contributed by atoms with van der Waals surface area (Å²) >= 11 is 6.40. The molecule has 1 heterocycles. The van der Waals surface area contributed by atoms with Crippen molar-refractivity contribution in [2.45, 2.75) is 13.0 Å². The van der Waals surface area contributed by atoms with Gasteiger partial charge in [0.2, 0.25) is 0 Å². The van der Waals surface area contributed by atoms with Crippen LogP contribution in [0.25, 0.3) is 16.5 Å². The fourth-order valence-corrected chi connectivity index (χ4v) is 5.23. The molecule has 6 nitrogen and oxygen atoms in total. The number of nitrogens with zero attached hydrogens (tertiary/aromatic N) is 1. The lowest BCUT2D eigenvalue weighted by molar-refractivity contribution is -0.132. The maximum Gasteiger partial charge on any atom is 0.300 e. The molecule has 1 amide bonds. The number of rotatable bonds is 5. The van der Waals surface area contributed by atoms with Gasteiger partial charge in [-0.05, 0) is 65.2 Å². The zero-order chi connectivity index (χ0) is 26.3. The first-order chi connectivity index (χ1) is 17.8. The van der Waals surface area contributed by atoms with E-state index >= 15 is 0 Å². The van der Waals surface area contributed by atoms with E-state index in [-0.39, 0.29) is 27.7 Å². The number of carbonyl (C=O) groups is 2. The average Bonchev–Trinajstić information content (AvgIpc) is 3.17. The number of hydrogen-bond acceptors (Lipinski definition) is 5. The molecule has 7 heteroatoms. The van der Waals surface area contributed by atoms with E-state index in [9.17, 15) is 14.7 Å². The van der Waals surface area contributed by atoms with Gasteiger partial charge in [-0.1, -0.05) is 54.1 Å². The summed E-state index contributed by atoms with van der Waals surface area (Å²) < 4.78 is 10.7. The predicted molar refractivity (Wildman–Crippen MR) is 144 cm³/mol. The normalized spacial score (nSPS) is 16.9. The molecular weight excluding hydrogens is 490 g/mol. The van der Waals surface area contributed by atoms with Crippen LogP contribution in [0.3, 0.4) is 0 Å². The number of methoxy groups -OCH3 is 2. The maximum atomic E-state index is 13.6. The first-order valence-corrected chi connectivity index (χ1v) is 12.0. The van der Waals surface area contributed by atoms with Gasteiger partial charge in [-0.25, -0.2) is 0 Å². The Morgan fingerprint density at radius 1 is 0.919 bits per heavy atom. The highest BCUT2D eigenvalue weighted by atomic mass is 35.5. The Kier molecular flexibility index (Phi) is 6.36. The molecular formula is C30H24ClNO5. The Balaban J connectivity index is 1.83. The summed E-state index contributed by atoms with van der Waals surface area (Å²) in [7, 11) is 2.99. The average molecular weight is 514 g/mol. The number of benzene rings is 4. The summed E-state index contributed by atoms with van der Waals surface area (Å²) in [5.41, 5.74) is 2.16. The number of aryl methyl sites for hydroxylation is 1. The molecule has 1 fully saturated rings. The van der Waals surface area contributed by atoms with Crippen molar-refractivity contribution in [3.05, 3.63) is 106 Å². The lowest BCUT2D eigenvalue weighted by Crippen LogP contribution is -2.29. The predicted octanol–water partition coefficient (Wildman–Crippen LogP) is 6.45. The molecule has 1 aliphatic rings. The second kappa shape index (κ2) is 9.64. The lowest BCUT2D eigenvalue weighted by atomic mass is 9.91. The number of halogens is 1. The number of fused-ring (bicyclic) bond motifs is 1. The molecule has 4 aromatic rings. The van der Waals surface area contributed by atoms with Crippen LogP contribution in [-0.2, 0) is 9.59 Å². The van der Waals surface area contributed by atoms with E-state index in [2.05, 4.69) is 0 Å². The zero-order valence-corrected chi connectivity index (χ0v) is 21.2. The van der Waals surface area contributed by atoms with Crippen molar-refractivity contribution in [1.82, 2.24) is 0 Å². The molecule has 1 N–H and O–H groups in total. The highest BCUT2D eigenvalue weighted by molar-refractivity contribution is 6.52. The summed E-state index contributed by atoms with van der Waals surface area (Å²) in [5.74, 6) is -1.07. The molecule has 4 aromatic carbocycles. The van der Waals surface area contributed by atoms with Gasteiger partial charge in [0.05, 0.1) is 36.4 Å². The topological polar surface area (TPSA) is 76.1 Å². The van der Waals surface area contributed by atoms with E-state index in [4.69, 9.17) is 21.1 Å². The van der Waals surface area contributed by atoms with Crippen molar-refractivity contribution in [3.8, 4) is 11.5 Å². The van der Waals surface area contributed by atoms with E-state index in [0.717, 1.165) is 16.3 Å². The lowest BCUT2D eigenvalue weighted by Gasteiger charge is -2.27. The van der Waals surface area contributed by atoms with Crippen LogP contribution in [0.1, 0.15) is 22.7 Å². The van der Waals surface area contributed by atoms with Crippen molar-refractivity contribution >= 4 is 45.5 Å². The minimum atomic E-state index is -0.900. The number of aliphatic hydroxyl groups is 1. The number of carbonyl (C=O) groups excluding carboxylic acids is 2.